The Balaban J connectivity index is 1.96. The minimum atomic E-state index is -0.587. The molecule has 2 aromatic rings. The summed E-state index contributed by atoms with van der Waals surface area (Å²) in [6.07, 6.45) is 1.72. The molecule has 0 spiro atoms. The Hall–Kier alpha value is -1.18. The molecule has 2 heterocycles. The number of carbonyl (C=O) groups excluding carboxylic acids is 2. The van der Waals surface area contributed by atoms with Gasteiger partial charge in [-0.3, -0.25) is 9.59 Å². The van der Waals surface area contributed by atoms with E-state index in [0.29, 0.717) is 11.3 Å². The number of ketones is 1. The third-order valence-corrected chi connectivity index (χ3v) is 5.08. The van der Waals surface area contributed by atoms with E-state index in [1.807, 2.05) is 12.1 Å². The molecule has 4 nitrogen and oxygen atoms in total. The summed E-state index contributed by atoms with van der Waals surface area (Å²) in [5, 5.41) is 3.38. The van der Waals surface area contributed by atoms with Crippen molar-refractivity contribution in [1.29, 1.82) is 0 Å². The molecule has 0 unspecified atom stereocenters. The Morgan fingerprint density at radius 2 is 1.95 bits per heavy atom. The van der Waals surface area contributed by atoms with Crippen molar-refractivity contribution < 1.29 is 9.59 Å². The zero-order valence-electron chi connectivity index (χ0n) is 9.81. The van der Waals surface area contributed by atoms with Crippen molar-refractivity contribution in [2.45, 2.75) is 9.92 Å². The maximum absolute atomic E-state index is 11.6. The maximum atomic E-state index is 11.6. The molecule has 1 aliphatic heterocycles. The number of anilines is 1. The number of halogens is 2. The summed E-state index contributed by atoms with van der Waals surface area (Å²) in [6, 6.07) is 7.23. The Bertz CT molecular complexity index is 732. The van der Waals surface area contributed by atoms with Crippen molar-refractivity contribution >= 4 is 61.0 Å². The van der Waals surface area contributed by atoms with Gasteiger partial charge >= 0.3 is 0 Å². The van der Waals surface area contributed by atoms with Crippen LogP contribution in [0.4, 0.5) is 5.69 Å². The Labute approximate surface area is 135 Å². The van der Waals surface area contributed by atoms with Crippen LogP contribution in [0.15, 0.2) is 49.3 Å². The molecule has 1 aromatic carbocycles. The second-order valence-corrected chi connectivity index (χ2v) is 6.86. The van der Waals surface area contributed by atoms with E-state index in [9.17, 15) is 9.59 Å². The number of amides is 1. The number of benzene rings is 1. The van der Waals surface area contributed by atoms with E-state index >= 15 is 0 Å². The number of carbonyl (C=O) groups is 2. The molecule has 100 valence electrons. The fourth-order valence-corrected chi connectivity index (χ4v) is 3.38. The van der Waals surface area contributed by atoms with Gasteiger partial charge in [0.15, 0.2) is 0 Å². The maximum Gasteiger partial charge on any atom is 0.296 e. The lowest BCUT2D eigenvalue weighted by Crippen LogP contribution is -2.12. The first-order chi connectivity index (χ1) is 9.54. The molecule has 0 bridgehead atoms. The van der Waals surface area contributed by atoms with Crippen molar-refractivity contribution in [1.82, 2.24) is 4.98 Å². The monoisotopic (exact) mass is 412 g/mol. The van der Waals surface area contributed by atoms with E-state index < -0.39 is 11.7 Å². The van der Waals surface area contributed by atoms with Crippen molar-refractivity contribution in [2.75, 3.05) is 5.32 Å². The number of fused-ring (bicyclic) bond motifs is 1. The number of pyridine rings is 1. The van der Waals surface area contributed by atoms with Crippen LogP contribution in [-0.2, 0) is 4.79 Å². The standard InChI is InChI=1S/C13H6Br2N2O2S/c14-6-1-2-11(16-5-6)20-10-4-9-7(3-8(10)15)12(18)13(19)17-9/h1-5H,(H,17,18,19). The van der Waals surface area contributed by atoms with Gasteiger partial charge < -0.3 is 5.32 Å². The van der Waals surface area contributed by atoms with Gasteiger partial charge in [-0.2, -0.15) is 0 Å². The predicted molar refractivity (Wildman–Crippen MR) is 83.2 cm³/mol. The highest BCUT2D eigenvalue weighted by atomic mass is 79.9. The van der Waals surface area contributed by atoms with Crippen LogP contribution in [0.2, 0.25) is 0 Å². The van der Waals surface area contributed by atoms with Gasteiger partial charge in [0.25, 0.3) is 11.7 Å². The minimum absolute atomic E-state index is 0.398. The molecule has 1 amide bonds. The molecule has 0 radical (unpaired) electrons. The van der Waals surface area contributed by atoms with Crippen LogP contribution in [0.1, 0.15) is 10.4 Å². The predicted octanol–water partition coefficient (Wildman–Crippen LogP) is 3.89. The number of rotatable bonds is 2. The van der Waals surface area contributed by atoms with Crippen LogP contribution < -0.4 is 5.32 Å². The Kier molecular flexibility index (Phi) is 3.66. The second-order valence-electron chi connectivity index (χ2n) is 4.03. The molecule has 3 rings (SSSR count). The molecule has 1 aromatic heterocycles. The zero-order valence-corrected chi connectivity index (χ0v) is 13.8. The smallest absolute Gasteiger partial charge is 0.296 e. The van der Waals surface area contributed by atoms with Crippen molar-refractivity contribution in [3.05, 3.63) is 45.0 Å². The van der Waals surface area contributed by atoms with Gasteiger partial charge in [-0.25, -0.2) is 4.98 Å². The van der Waals surface area contributed by atoms with Crippen LogP contribution in [0.25, 0.3) is 0 Å². The molecule has 0 saturated carbocycles. The first-order valence-electron chi connectivity index (χ1n) is 5.53. The van der Waals surface area contributed by atoms with Crippen LogP contribution in [-0.4, -0.2) is 16.7 Å². The van der Waals surface area contributed by atoms with Gasteiger partial charge in [0.2, 0.25) is 0 Å². The summed E-state index contributed by atoms with van der Waals surface area (Å²) >= 11 is 8.20. The third kappa shape index (κ3) is 2.53. The molecule has 20 heavy (non-hydrogen) atoms. The number of nitrogens with one attached hydrogen (secondary N) is 1. The van der Waals surface area contributed by atoms with Crippen LogP contribution >= 0.6 is 43.6 Å². The first-order valence-corrected chi connectivity index (χ1v) is 7.93. The van der Waals surface area contributed by atoms with E-state index in [1.54, 1.807) is 18.3 Å². The average Bonchev–Trinajstić information content (AvgIpc) is 2.69. The van der Waals surface area contributed by atoms with Gasteiger partial charge in [0.05, 0.1) is 11.3 Å². The SMILES string of the molecule is O=C1Nc2cc(Sc3ccc(Br)cn3)c(Br)cc2C1=O. The molecular formula is C13H6Br2N2O2S. The third-order valence-electron chi connectivity index (χ3n) is 2.69. The highest BCUT2D eigenvalue weighted by Gasteiger charge is 2.29. The molecule has 1 N–H and O–H groups in total. The van der Waals surface area contributed by atoms with E-state index in [4.69, 9.17) is 0 Å². The quantitative estimate of drug-likeness (QED) is 0.758. The summed E-state index contributed by atoms with van der Waals surface area (Å²) in [7, 11) is 0. The fourth-order valence-electron chi connectivity index (χ4n) is 1.76. The summed E-state index contributed by atoms with van der Waals surface area (Å²) in [5.74, 6) is -1.09. The van der Waals surface area contributed by atoms with E-state index in [0.717, 1.165) is 18.9 Å². The molecule has 0 atom stereocenters. The summed E-state index contributed by atoms with van der Waals surface area (Å²) in [5.41, 5.74) is 0.942. The summed E-state index contributed by atoms with van der Waals surface area (Å²) in [6.45, 7) is 0. The zero-order chi connectivity index (χ0) is 14.3. The van der Waals surface area contributed by atoms with Gasteiger partial charge in [-0.15, -0.1) is 0 Å². The Morgan fingerprint density at radius 1 is 1.15 bits per heavy atom. The van der Waals surface area contributed by atoms with E-state index in [-0.39, 0.29) is 0 Å². The van der Waals surface area contributed by atoms with Crippen molar-refractivity contribution in [2.24, 2.45) is 0 Å². The van der Waals surface area contributed by atoms with Crippen LogP contribution in [0.3, 0.4) is 0 Å². The van der Waals surface area contributed by atoms with Crippen molar-refractivity contribution in [3.8, 4) is 0 Å². The fraction of sp³-hybridized carbons (Fsp3) is 0. The van der Waals surface area contributed by atoms with Gasteiger partial charge in [0.1, 0.15) is 5.03 Å². The molecule has 0 aliphatic carbocycles. The highest BCUT2D eigenvalue weighted by molar-refractivity contribution is 9.10. The number of aromatic nitrogens is 1. The summed E-state index contributed by atoms with van der Waals surface area (Å²) in [4.78, 5) is 28.1. The number of hydrogen-bond acceptors (Lipinski definition) is 4. The molecular weight excluding hydrogens is 408 g/mol. The van der Waals surface area contributed by atoms with Crippen LogP contribution in [0, 0.1) is 0 Å². The van der Waals surface area contributed by atoms with E-state index in [2.05, 4.69) is 42.2 Å². The minimum Gasteiger partial charge on any atom is -0.318 e. The number of nitrogens with zero attached hydrogens (tertiary/aromatic N) is 1. The lowest BCUT2D eigenvalue weighted by molar-refractivity contribution is -0.112. The molecule has 0 fully saturated rings. The van der Waals surface area contributed by atoms with Gasteiger partial charge in [0, 0.05) is 20.0 Å². The molecule has 0 saturated heterocycles. The average molecular weight is 414 g/mol. The summed E-state index contributed by atoms with van der Waals surface area (Å²) < 4.78 is 1.67. The van der Waals surface area contributed by atoms with Crippen molar-refractivity contribution in [3.63, 3.8) is 0 Å². The van der Waals surface area contributed by atoms with Gasteiger partial charge in [-0.05, 0) is 56.1 Å². The molecule has 1 aliphatic rings. The highest BCUT2D eigenvalue weighted by Crippen LogP contribution is 2.38. The lowest BCUT2D eigenvalue weighted by Gasteiger charge is -2.06. The van der Waals surface area contributed by atoms with Crippen LogP contribution in [0.5, 0.6) is 0 Å². The topological polar surface area (TPSA) is 59.1 Å². The van der Waals surface area contributed by atoms with Gasteiger partial charge in [-0.1, -0.05) is 11.8 Å². The normalized spacial score (nSPS) is 13.3. The van der Waals surface area contributed by atoms with E-state index in [1.165, 1.54) is 11.8 Å². The number of Topliss-reactive ketones (excluding diaryl/α,β-unsaturated/α-hetero) is 1. The second kappa shape index (κ2) is 5.31. The first kappa shape index (κ1) is 13.8. The largest absolute Gasteiger partial charge is 0.318 e. The lowest BCUT2D eigenvalue weighted by atomic mass is 10.1. The number of hydrogen-bond donors (Lipinski definition) is 1. The molecule has 7 heteroatoms. The Morgan fingerprint density at radius 3 is 2.65 bits per heavy atom.